The molecule has 0 aromatic heterocycles. The van der Waals surface area contributed by atoms with Crippen LogP contribution in [0.5, 0.6) is 0 Å². The molecule has 4 heteroatoms. The molecule has 0 heterocycles. The van der Waals surface area contributed by atoms with Crippen molar-refractivity contribution in [3.05, 3.63) is 35.4 Å². The molecule has 1 aromatic carbocycles. The third-order valence-electron chi connectivity index (χ3n) is 6.87. The van der Waals surface area contributed by atoms with Crippen LogP contribution in [-0.4, -0.2) is 46.8 Å². The zero-order valence-electron chi connectivity index (χ0n) is 19.1. The maximum atomic E-state index is 13.7. The van der Waals surface area contributed by atoms with Gasteiger partial charge < -0.3 is 9.80 Å². The number of benzene rings is 1. The first-order valence-electron chi connectivity index (χ1n) is 12.4. The van der Waals surface area contributed by atoms with E-state index in [1.807, 2.05) is 24.3 Å². The minimum atomic E-state index is 0.0489. The van der Waals surface area contributed by atoms with Crippen LogP contribution in [0, 0.1) is 0 Å². The van der Waals surface area contributed by atoms with Crippen molar-refractivity contribution in [1.29, 1.82) is 0 Å². The fraction of sp³-hybridized carbons (Fsp3) is 0.692. The molecular weight excluding hydrogens is 372 g/mol. The molecule has 0 atom stereocenters. The standard InChI is InChI=1S/C26H40N2O2/c1-3-19-27(21-13-7-5-8-14-21)25(29)23-17-11-12-18-24(23)26(30)28(20-4-2)22-15-9-6-10-16-22/h11-12,17-18,21-22H,3-10,13-16,19-20H2,1-2H3. The summed E-state index contributed by atoms with van der Waals surface area (Å²) in [6.45, 7) is 5.80. The predicted molar refractivity (Wildman–Crippen MR) is 123 cm³/mol. The number of carbonyl (C=O) groups is 2. The molecule has 0 radical (unpaired) electrons. The molecule has 30 heavy (non-hydrogen) atoms. The maximum absolute atomic E-state index is 13.7. The summed E-state index contributed by atoms with van der Waals surface area (Å²) < 4.78 is 0. The van der Waals surface area contributed by atoms with Crippen LogP contribution in [0.1, 0.15) is 112 Å². The Morgan fingerprint density at radius 2 is 1.07 bits per heavy atom. The van der Waals surface area contributed by atoms with E-state index in [4.69, 9.17) is 0 Å². The molecule has 2 aliphatic carbocycles. The average Bonchev–Trinajstić information content (AvgIpc) is 2.81. The molecule has 4 nitrogen and oxygen atoms in total. The van der Waals surface area contributed by atoms with Crippen molar-refractivity contribution < 1.29 is 9.59 Å². The summed E-state index contributed by atoms with van der Waals surface area (Å²) >= 11 is 0. The van der Waals surface area contributed by atoms with Crippen molar-refractivity contribution in [3.8, 4) is 0 Å². The van der Waals surface area contributed by atoms with Gasteiger partial charge in [0.1, 0.15) is 0 Å². The van der Waals surface area contributed by atoms with E-state index in [1.54, 1.807) is 0 Å². The van der Waals surface area contributed by atoms with Gasteiger partial charge in [-0.1, -0.05) is 64.5 Å². The Balaban J connectivity index is 1.87. The van der Waals surface area contributed by atoms with Crippen LogP contribution in [0.2, 0.25) is 0 Å². The summed E-state index contributed by atoms with van der Waals surface area (Å²) in [6, 6.07) is 8.18. The van der Waals surface area contributed by atoms with Crippen LogP contribution in [0.4, 0.5) is 0 Å². The zero-order valence-corrected chi connectivity index (χ0v) is 19.1. The summed E-state index contributed by atoms with van der Waals surface area (Å²) in [4.78, 5) is 31.5. The summed E-state index contributed by atoms with van der Waals surface area (Å²) in [5, 5.41) is 0. The SMILES string of the molecule is CCCN(C(=O)c1ccccc1C(=O)N(CCC)C1CCCCC1)C1CCCCC1. The number of carbonyl (C=O) groups excluding carboxylic acids is 2. The lowest BCUT2D eigenvalue weighted by Crippen LogP contribution is -2.44. The molecule has 2 fully saturated rings. The van der Waals surface area contributed by atoms with E-state index in [0.717, 1.165) is 51.6 Å². The first-order valence-corrected chi connectivity index (χ1v) is 12.4. The van der Waals surface area contributed by atoms with E-state index in [2.05, 4.69) is 23.6 Å². The first kappa shape index (κ1) is 22.8. The highest BCUT2D eigenvalue weighted by atomic mass is 16.2. The van der Waals surface area contributed by atoms with Gasteiger partial charge in [-0.15, -0.1) is 0 Å². The van der Waals surface area contributed by atoms with E-state index in [0.29, 0.717) is 23.2 Å². The average molecular weight is 413 g/mol. The normalized spacial score (nSPS) is 18.2. The zero-order chi connectivity index (χ0) is 21.3. The van der Waals surface area contributed by atoms with Crippen molar-refractivity contribution in [2.24, 2.45) is 0 Å². The molecule has 2 saturated carbocycles. The molecule has 0 spiro atoms. The van der Waals surface area contributed by atoms with E-state index in [9.17, 15) is 9.59 Å². The molecule has 2 amide bonds. The number of nitrogens with zero attached hydrogens (tertiary/aromatic N) is 2. The van der Waals surface area contributed by atoms with Gasteiger partial charge in [-0.3, -0.25) is 9.59 Å². The number of rotatable bonds is 8. The highest BCUT2D eigenvalue weighted by Crippen LogP contribution is 2.28. The molecule has 0 aliphatic heterocycles. The van der Waals surface area contributed by atoms with Gasteiger partial charge in [0.05, 0.1) is 11.1 Å². The van der Waals surface area contributed by atoms with Crippen molar-refractivity contribution in [2.75, 3.05) is 13.1 Å². The van der Waals surface area contributed by atoms with Crippen LogP contribution in [-0.2, 0) is 0 Å². The van der Waals surface area contributed by atoms with Gasteiger partial charge in [-0.05, 0) is 50.7 Å². The molecule has 1 aromatic rings. The monoisotopic (exact) mass is 412 g/mol. The van der Waals surface area contributed by atoms with Crippen molar-refractivity contribution >= 4 is 11.8 Å². The van der Waals surface area contributed by atoms with Gasteiger partial charge in [0.25, 0.3) is 11.8 Å². The first-order chi connectivity index (χ1) is 14.7. The van der Waals surface area contributed by atoms with Crippen molar-refractivity contribution in [2.45, 2.75) is 103 Å². The number of hydrogen-bond acceptors (Lipinski definition) is 2. The fourth-order valence-corrected chi connectivity index (χ4v) is 5.33. The topological polar surface area (TPSA) is 40.6 Å². The van der Waals surface area contributed by atoms with Crippen LogP contribution < -0.4 is 0 Å². The van der Waals surface area contributed by atoms with Gasteiger partial charge in [0.15, 0.2) is 0 Å². The minimum Gasteiger partial charge on any atom is -0.336 e. The lowest BCUT2D eigenvalue weighted by molar-refractivity contribution is 0.0593. The third-order valence-corrected chi connectivity index (χ3v) is 6.87. The van der Waals surface area contributed by atoms with Gasteiger partial charge in [0, 0.05) is 25.2 Å². The predicted octanol–water partition coefficient (Wildman–Crippen LogP) is 6.06. The Bertz CT molecular complexity index is 631. The van der Waals surface area contributed by atoms with Crippen LogP contribution in [0.25, 0.3) is 0 Å². The van der Waals surface area contributed by atoms with Gasteiger partial charge in [-0.25, -0.2) is 0 Å². The Hall–Kier alpha value is -1.84. The van der Waals surface area contributed by atoms with E-state index >= 15 is 0 Å². The van der Waals surface area contributed by atoms with Crippen molar-refractivity contribution in [3.63, 3.8) is 0 Å². The number of amides is 2. The second-order valence-corrected chi connectivity index (χ2v) is 9.13. The molecule has 166 valence electrons. The Morgan fingerprint density at radius 1 is 0.700 bits per heavy atom. The van der Waals surface area contributed by atoms with Gasteiger partial charge in [0.2, 0.25) is 0 Å². The molecule has 2 aliphatic rings. The molecule has 0 saturated heterocycles. The largest absolute Gasteiger partial charge is 0.336 e. The van der Waals surface area contributed by atoms with Crippen LogP contribution in [0.15, 0.2) is 24.3 Å². The van der Waals surface area contributed by atoms with Crippen molar-refractivity contribution in [1.82, 2.24) is 9.80 Å². The molecule has 0 bridgehead atoms. The summed E-state index contributed by atoms with van der Waals surface area (Å²) in [5.41, 5.74) is 1.19. The minimum absolute atomic E-state index is 0.0489. The summed E-state index contributed by atoms with van der Waals surface area (Å²) in [6.07, 6.45) is 13.6. The molecule has 0 N–H and O–H groups in total. The maximum Gasteiger partial charge on any atom is 0.254 e. The second-order valence-electron chi connectivity index (χ2n) is 9.13. The smallest absolute Gasteiger partial charge is 0.254 e. The van der Waals surface area contributed by atoms with E-state index in [-0.39, 0.29) is 11.8 Å². The molecule has 3 rings (SSSR count). The van der Waals surface area contributed by atoms with E-state index < -0.39 is 0 Å². The Kier molecular flexibility index (Phi) is 8.77. The Morgan fingerprint density at radius 3 is 1.40 bits per heavy atom. The van der Waals surface area contributed by atoms with E-state index in [1.165, 1.54) is 38.5 Å². The molecule has 0 unspecified atom stereocenters. The highest BCUT2D eigenvalue weighted by Gasteiger charge is 2.31. The summed E-state index contributed by atoms with van der Waals surface area (Å²) in [5.74, 6) is 0.0978. The Labute approximate surface area is 183 Å². The molecular formula is C26H40N2O2. The van der Waals surface area contributed by atoms with Crippen LogP contribution in [0.3, 0.4) is 0 Å². The lowest BCUT2D eigenvalue weighted by Gasteiger charge is -2.36. The quantitative estimate of drug-likeness (QED) is 0.521. The number of hydrogen-bond donors (Lipinski definition) is 0. The lowest BCUT2D eigenvalue weighted by atomic mass is 9.92. The van der Waals surface area contributed by atoms with Gasteiger partial charge in [-0.2, -0.15) is 0 Å². The van der Waals surface area contributed by atoms with Gasteiger partial charge >= 0.3 is 0 Å². The highest BCUT2D eigenvalue weighted by molar-refractivity contribution is 6.07. The fourth-order valence-electron chi connectivity index (χ4n) is 5.33. The second kappa shape index (κ2) is 11.5. The summed E-state index contributed by atoms with van der Waals surface area (Å²) in [7, 11) is 0. The third kappa shape index (κ3) is 5.44. The van der Waals surface area contributed by atoms with Crippen LogP contribution >= 0.6 is 0 Å².